The summed E-state index contributed by atoms with van der Waals surface area (Å²) in [6, 6.07) is 30.3. The lowest BCUT2D eigenvalue weighted by molar-refractivity contribution is -0.138. The Kier molecular flexibility index (Phi) is 9.07. The van der Waals surface area contributed by atoms with Crippen LogP contribution in [0.25, 0.3) is 22.7 Å². The Hall–Kier alpha value is -5.19. The first-order chi connectivity index (χ1) is 23.9. The first-order valence-electron chi connectivity index (χ1n) is 15.7. The van der Waals surface area contributed by atoms with Gasteiger partial charge in [0.05, 0.1) is 36.6 Å². The Morgan fingerprint density at radius 1 is 0.959 bits per heavy atom. The van der Waals surface area contributed by atoms with E-state index in [0.29, 0.717) is 38.6 Å². The SMILES string of the molecule is CCOC(=O)C1=C(c2ccccc2)N=c2s/c(=C/c3cn(Cc4ccc(Br)cc4)c4ccccc34)c(=O)n2C1c1cc(OC)ccc1OC. The first-order valence-corrected chi connectivity index (χ1v) is 17.3. The van der Waals surface area contributed by atoms with Gasteiger partial charge in [0.15, 0.2) is 4.80 Å². The van der Waals surface area contributed by atoms with Gasteiger partial charge in [-0.1, -0.05) is 87.9 Å². The number of methoxy groups -OCH3 is 2. The minimum Gasteiger partial charge on any atom is -0.497 e. The molecule has 3 heterocycles. The van der Waals surface area contributed by atoms with Crippen molar-refractivity contribution in [1.82, 2.24) is 9.13 Å². The van der Waals surface area contributed by atoms with Crippen LogP contribution in [0, 0.1) is 0 Å². The lowest BCUT2D eigenvalue weighted by atomic mass is 9.92. The molecule has 0 saturated carbocycles. The molecule has 0 radical (unpaired) electrons. The highest BCUT2D eigenvalue weighted by atomic mass is 79.9. The van der Waals surface area contributed by atoms with Gasteiger partial charge in [0.1, 0.15) is 17.5 Å². The minimum absolute atomic E-state index is 0.154. The zero-order valence-corrected chi connectivity index (χ0v) is 29.5. The fourth-order valence-corrected chi connectivity index (χ4v) is 7.49. The van der Waals surface area contributed by atoms with Crippen LogP contribution in [0.5, 0.6) is 11.5 Å². The van der Waals surface area contributed by atoms with E-state index in [-0.39, 0.29) is 17.7 Å². The molecule has 0 spiro atoms. The molecule has 0 fully saturated rings. The molecular formula is C39H32BrN3O5S. The van der Waals surface area contributed by atoms with E-state index in [1.165, 1.54) is 11.3 Å². The Morgan fingerprint density at radius 3 is 2.45 bits per heavy atom. The van der Waals surface area contributed by atoms with Crippen molar-refractivity contribution in [1.29, 1.82) is 0 Å². The summed E-state index contributed by atoms with van der Waals surface area (Å²) in [5.74, 6) is 0.482. The monoisotopic (exact) mass is 733 g/mol. The third-order valence-electron chi connectivity index (χ3n) is 8.48. The van der Waals surface area contributed by atoms with E-state index in [2.05, 4.69) is 51.0 Å². The second kappa shape index (κ2) is 13.7. The molecule has 4 aromatic carbocycles. The number of fused-ring (bicyclic) bond motifs is 2. The standard InChI is InChI=1S/C39H32BrN3O5S/c1-4-48-38(45)34-35(25-10-6-5-7-11-25)41-39-43(36(34)30-21-28(46-2)18-19-32(30)47-3)37(44)33(49-39)20-26-23-42(31-13-9-8-12-29(26)31)22-24-14-16-27(40)17-15-24/h5-21,23,36H,4,22H2,1-3H3/b33-20+. The van der Waals surface area contributed by atoms with Crippen LogP contribution >= 0.6 is 27.3 Å². The zero-order valence-electron chi connectivity index (χ0n) is 27.1. The summed E-state index contributed by atoms with van der Waals surface area (Å²) >= 11 is 4.80. The van der Waals surface area contributed by atoms with Gasteiger partial charge in [-0.25, -0.2) is 9.79 Å². The molecule has 7 rings (SSSR count). The van der Waals surface area contributed by atoms with E-state index in [4.69, 9.17) is 19.2 Å². The number of hydrogen-bond acceptors (Lipinski definition) is 7. The van der Waals surface area contributed by atoms with Crippen LogP contribution in [-0.2, 0) is 16.1 Å². The van der Waals surface area contributed by atoms with Crippen LogP contribution in [0.15, 0.2) is 123 Å². The van der Waals surface area contributed by atoms with Crippen LogP contribution in [0.2, 0.25) is 0 Å². The number of hydrogen-bond donors (Lipinski definition) is 0. The van der Waals surface area contributed by atoms with E-state index in [1.807, 2.05) is 60.7 Å². The maximum atomic E-state index is 14.6. The van der Waals surface area contributed by atoms with Crippen LogP contribution in [0.4, 0.5) is 0 Å². The topological polar surface area (TPSA) is 84.1 Å². The maximum Gasteiger partial charge on any atom is 0.338 e. The second-order valence-electron chi connectivity index (χ2n) is 11.4. The van der Waals surface area contributed by atoms with Crippen molar-refractivity contribution in [2.45, 2.75) is 19.5 Å². The molecular weight excluding hydrogens is 702 g/mol. The molecule has 1 aliphatic heterocycles. The third kappa shape index (κ3) is 6.13. The predicted molar refractivity (Wildman–Crippen MR) is 196 cm³/mol. The van der Waals surface area contributed by atoms with Gasteiger partial charge in [-0.3, -0.25) is 9.36 Å². The number of esters is 1. The van der Waals surface area contributed by atoms with Crippen molar-refractivity contribution in [3.05, 3.63) is 155 Å². The van der Waals surface area contributed by atoms with Gasteiger partial charge < -0.3 is 18.8 Å². The molecule has 1 unspecified atom stereocenters. The number of rotatable bonds is 9. The number of aromatic nitrogens is 2. The minimum atomic E-state index is -0.906. The van der Waals surface area contributed by atoms with Crippen molar-refractivity contribution in [2.75, 3.05) is 20.8 Å². The van der Waals surface area contributed by atoms with E-state index in [1.54, 1.807) is 43.9 Å². The molecule has 246 valence electrons. The summed E-state index contributed by atoms with van der Waals surface area (Å²) in [4.78, 5) is 34.0. The Balaban J connectivity index is 1.48. The zero-order chi connectivity index (χ0) is 34.1. The van der Waals surface area contributed by atoms with Crippen molar-refractivity contribution < 1.29 is 19.0 Å². The molecule has 0 amide bonds. The van der Waals surface area contributed by atoms with Gasteiger partial charge in [-0.2, -0.15) is 0 Å². The van der Waals surface area contributed by atoms with Gasteiger partial charge in [-0.15, -0.1) is 0 Å². The molecule has 0 bridgehead atoms. The number of ether oxygens (including phenoxy) is 3. The van der Waals surface area contributed by atoms with Gasteiger partial charge in [0, 0.05) is 44.8 Å². The fraction of sp³-hybridized carbons (Fsp3) is 0.154. The number of carbonyl (C=O) groups is 1. The van der Waals surface area contributed by atoms with Gasteiger partial charge in [-0.05, 0) is 55.0 Å². The lowest BCUT2D eigenvalue weighted by Gasteiger charge is -2.27. The quantitative estimate of drug-likeness (QED) is 0.154. The summed E-state index contributed by atoms with van der Waals surface area (Å²) in [7, 11) is 3.13. The van der Waals surface area contributed by atoms with Crippen LogP contribution in [0.1, 0.15) is 35.2 Å². The summed E-state index contributed by atoms with van der Waals surface area (Å²) in [6.07, 6.45) is 3.99. The summed E-state index contributed by atoms with van der Waals surface area (Å²) in [5.41, 5.74) is 4.82. The molecule has 0 aliphatic carbocycles. The van der Waals surface area contributed by atoms with Crippen molar-refractivity contribution in [3.63, 3.8) is 0 Å². The predicted octanol–water partition coefficient (Wildman–Crippen LogP) is 6.72. The van der Waals surface area contributed by atoms with E-state index >= 15 is 0 Å². The Labute approximate surface area is 295 Å². The van der Waals surface area contributed by atoms with Gasteiger partial charge >= 0.3 is 5.97 Å². The smallest absolute Gasteiger partial charge is 0.338 e. The second-order valence-corrected chi connectivity index (χ2v) is 13.3. The average Bonchev–Trinajstić information content (AvgIpc) is 3.64. The normalized spacial score (nSPS) is 14.4. The van der Waals surface area contributed by atoms with E-state index in [9.17, 15) is 9.59 Å². The fourth-order valence-electron chi connectivity index (χ4n) is 6.24. The first kappa shape index (κ1) is 32.4. The molecule has 10 heteroatoms. The third-order valence-corrected chi connectivity index (χ3v) is 9.99. The Bertz CT molecular complexity index is 2410. The number of thiazole rings is 1. The van der Waals surface area contributed by atoms with Crippen LogP contribution in [-0.4, -0.2) is 35.9 Å². The summed E-state index contributed by atoms with van der Waals surface area (Å²) in [5, 5.41) is 1.02. The molecule has 1 atom stereocenters. The largest absolute Gasteiger partial charge is 0.497 e. The number of para-hydroxylation sites is 1. The molecule has 1 aliphatic rings. The van der Waals surface area contributed by atoms with Crippen LogP contribution < -0.4 is 24.4 Å². The van der Waals surface area contributed by atoms with Crippen molar-refractivity contribution in [2.24, 2.45) is 4.99 Å². The molecule has 0 saturated heterocycles. The Morgan fingerprint density at radius 2 is 1.71 bits per heavy atom. The van der Waals surface area contributed by atoms with Gasteiger partial charge in [0.25, 0.3) is 5.56 Å². The number of nitrogens with zero attached hydrogens (tertiary/aromatic N) is 3. The number of benzene rings is 4. The van der Waals surface area contributed by atoms with E-state index in [0.717, 1.165) is 32.1 Å². The number of carbonyl (C=O) groups excluding carboxylic acids is 1. The van der Waals surface area contributed by atoms with Gasteiger partial charge in [0.2, 0.25) is 0 Å². The molecule has 6 aromatic rings. The van der Waals surface area contributed by atoms with Crippen LogP contribution in [0.3, 0.4) is 0 Å². The summed E-state index contributed by atoms with van der Waals surface area (Å²) < 4.78 is 22.3. The average molecular weight is 735 g/mol. The molecule has 49 heavy (non-hydrogen) atoms. The maximum absolute atomic E-state index is 14.6. The highest BCUT2D eigenvalue weighted by Gasteiger charge is 2.37. The number of halogens is 1. The highest BCUT2D eigenvalue weighted by Crippen LogP contribution is 2.40. The molecule has 0 N–H and O–H groups in total. The van der Waals surface area contributed by atoms with Crippen molar-refractivity contribution >= 4 is 55.9 Å². The van der Waals surface area contributed by atoms with E-state index < -0.39 is 12.0 Å². The lowest BCUT2D eigenvalue weighted by Crippen LogP contribution is -2.40. The summed E-state index contributed by atoms with van der Waals surface area (Å²) in [6.45, 7) is 2.58. The molecule has 8 nitrogen and oxygen atoms in total. The highest BCUT2D eigenvalue weighted by molar-refractivity contribution is 9.10. The van der Waals surface area contributed by atoms with Crippen molar-refractivity contribution in [3.8, 4) is 11.5 Å². The molecule has 2 aromatic heterocycles.